The zero-order chi connectivity index (χ0) is 18.4. The second kappa shape index (κ2) is 8.47. The van der Waals surface area contributed by atoms with E-state index in [2.05, 4.69) is 21.9 Å². The Morgan fingerprint density at radius 2 is 2.08 bits per heavy atom. The molecule has 1 aliphatic heterocycles. The summed E-state index contributed by atoms with van der Waals surface area (Å²) < 4.78 is 10.8. The van der Waals surface area contributed by atoms with Gasteiger partial charge >= 0.3 is 6.09 Å². The number of hydrogen-bond donors (Lipinski definition) is 0. The highest BCUT2D eigenvalue weighted by molar-refractivity contribution is 5.68. The maximum Gasteiger partial charge on any atom is 0.410 e. The van der Waals surface area contributed by atoms with Crippen molar-refractivity contribution < 1.29 is 14.3 Å². The number of piperidine rings is 1. The molecule has 7 heteroatoms. The number of likely N-dealkylation sites (tertiary alicyclic amines) is 1. The summed E-state index contributed by atoms with van der Waals surface area (Å²) in [6.45, 7) is 8.75. The first-order chi connectivity index (χ1) is 11.8. The minimum atomic E-state index is -0.455. The van der Waals surface area contributed by atoms with Crippen LogP contribution in [0.1, 0.15) is 39.3 Å². The number of carbonyl (C=O) groups is 1. The minimum absolute atomic E-state index is 0.213. The lowest BCUT2D eigenvalue weighted by atomic mass is 9.98. The molecular weight excluding hydrogens is 320 g/mol. The van der Waals surface area contributed by atoms with Crippen LogP contribution in [0.2, 0.25) is 0 Å². The number of carbonyl (C=O) groups excluding carboxylic acids is 1. The van der Waals surface area contributed by atoms with E-state index in [9.17, 15) is 4.79 Å². The van der Waals surface area contributed by atoms with Crippen LogP contribution < -0.4 is 4.74 Å². The van der Waals surface area contributed by atoms with Gasteiger partial charge in [0, 0.05) is 38.6 Å². The topological polar surface area (TPSA) is 67.8 Å². The van der Waals surface area contributed by atoms with Gasteiger partial charge < -0.3 is 14.4 Å². The quantitative estimate of drug-likeness (QED) is 0.813. The summed E-state index contributed by atoms with van der Waals surface area (Å²) in [6.07, 6.45) is 5.21. The van der Waals surface area contributed by atoms with Crippen LogP contribution in [-0.4, -0.2) is 65.3 Å². The Labute approximate surface area is 150 Å². The molecule has 1 amide bonds. The molecule has 2 rings (SSSR count). The predicted molar refractivity (Wildman–Crippen MR) is 95.4 cm³/mol. The molecule has 0 bridgehead atoms. The molecular formula is C18H30N4O3. The largest absolute Gasteiger partial charge is 0.480 e. The van der Waals surface area contributed by atoms with E-state index in [-0.39, 0.29) is 6.09 Å². The Morgan fingerprint density at radius 1 is 1.36 bits per heavy atom. The van der Waals surface area contributed by atoms with Crippen molar-refractivity contribution in [3.05, 3.63) is 18.1 Å². The molecule has 0 aliphatic carbocycles. The standard InChI is InChI=1S/C18H30N4O3/c1-18(2,3)25-17(23)22-10-6-7-14(12-22)11-21(4)13-15-16(24-5)20-9-8-19-15/h8-9,14H,6-7,10-13H2,1-5H3. The lowest BCUT2D eigenvalue weighted by Gasteiger charge is -2.35. The number of methoxy groups -OCH3 is 1. The Bertz CT molecular complexity index is 574. The first-order valence-corrected chi connectivity index (χ1v) is 8.79. The van der Waals surface area contributed by atoms with Gasteiger partial charge in [-0.05, 0) is 46.6 Å². The van der Waals surface area contributed by atoms with E-state index in [0.717, 1.165) is 38.2 Å². The average Bonchev–Trinajstić information content (AvgIpc) is 2.54. The van der Waals surface area contributed by atoms with Crippen LogP contribution in [0.25, 0.3) is 0 Å². The second-order valence-corrected chi connectivity index (χ2v) is 7.64. The van der Waals surface area contributed by atoms with E-state index in [1.807, 2.05) is 25.7 Å². The third-order valence-corrected chi connectivity index (χ3v) is 4.09. The molecule has 1 aliphatic rings. The molecule has 0 spiro atoms. The zero-order valence-corrected chi connectivity index (χ0v) is 16.0. The van der Waals surface area contributed by atoms with Gasteiger partial charge in [0.25, 0.3) is 0 Å². The zero-order valence-electron chi connectivity index (χ0n) is 16.0. The fourth-order valence-corrected chi connectivity index (χ4v) is 3.10. The molecule has 0 N–H and O–H groups in total. The number of ether oxygens (including phenoxy) is 2. The van der Waals surface area contributed by atoms with Gasteiger partial charge in [-0.3, -0.25) is 9.88 Å². The van der Waals surface area contributed by atoms with Gasteiger partial charge in [0.05, 0.1) is 7.11 Å². The summed E-state index contributed by atoms with van der Waals surface area (Å²) in [6, 6.07) is 0. The number of nitrogens with zero attached hydrogens (tertiary/aromatic N) is 4. The summed E-state index contributed by atoms with van der Waals surface area (Å²) in [5, 5.41) is 0. The molecule has 1 aromatic rings. The molecule has 1 atom stereocenters. The highest BCUT2D eigenvalue weighted by Crippen LogP contribution is 2.21. The van der Waals surface area contributed by atoms with Crippen LogP contribution in [0.4, 0.5) is 4.79 Å². The van der Waals surface area contributed by atoms with Crippen LogP contribution in [0.15, 0.2) is 12.4 Å². The van der Waals surface area contributed by atoms with E-state index in [1.54, 1.807) is 19.5 Å². The first kappa shape index (κ1) is 19.4. The van der Waals surface area contributed by atoms with E-state index < -0.39 is 5.60 Å². The normalized spacial score (nSPS) is 18.3. The van der Waals surface area contributed by atoms with Gasteiger partial charge in [-0.1, -0.05) is 0 Å². The molecule has 1 fully saturated rings. The van der Waals surface area contributed by atoms with Gasteiger partial charge in [-0.25, -0.2) is 9.78 Å². The Balaban J connectivity index is 1.88. The number of rotatable bonds is 5. The van der Waals surface area contributed by atoms with E-state index in [1.165, 1.54) is 0 Å². The van der Waals surface area contributed by atoms with Crippen molar-refractivity contribution in [3.63, 3.8) is 0 Å². The molecule has 0 radical (unpaired) electrons. The van der Waals surface area contributed by atoms with Gasteiger partial charge in [0.2, 0.25) is 5.88 Å². The predicted octanol–water partition coefficient (Wildman–Crippen LogP) is 2.56. The van der Waals surface area contributed by atoms with E-state index >= 15 is 0 Å². The molecule has 0 saturated carbocycles. The van der Waals surface area contributed by atoms with Gasteiger partial charge in [-0.15, -0.1) is 0 Å². The highest BCUT2D eigenvalue weighted by atomic mass is 16.6. The van der Waals surface area contributed by atoms with Crippen LogP contribution >= 0.6 is 0 Å². The van der Waals surface area contributed by atoms with Crippen LogP contribution in [0.5, 0.6) is 5.88 Å². The molecule has 1 aromatic heterocycles. The third-order valence-electron chi connectivity index (χ3n) is 4.09. The lowest BCUT2D eigenvalue weighted by Crippen LogP contribution is -2.45. The summed E-state index contributed by atoms with van der Waals surface area (Å²) in [5.41, 5.74) is 0.371. The van der Waals surface area contributed by atoms with Crippen LogP contribution in [0, 0.1) is 5.92 Å². The lowest BCUT2D eigenvalue weighted by molar-refractivity contribution is 0.0147. The molecule has 25 heavy (non-hydrogen) atoms. The number of amides is 1. The third kappa shape index (κ3) is 6.16. The molecule has 1 unspecified atom stereocenters. The highest BCUT2D eigenvalue weighted by Gasteiger charge is 2.28. The molecule has 140 valence electrons. The minimum Gasteiger partial charge on any atom is -0.480 e. The molecule has 0 aromatic carbocycles. The van der Waals surface area contributed by atoms with Crippen LogP contribution in [-0.2, 0) is 11.3 Å². The van der Waals surface area contributed by atoms with Crippen molar-refractivity contribution in [2.24, 2.45) is 5.92 Å². The van der Waals surface area contributed by atoms with Gasteiger partial charge in [0.1, 0.15) is 11.3 Å². The fraction of sp³-hybridized carbons (Fsp3) is 0.722. The maximum absolute atomic E-state index is 12.3. The Kier molecular flexibility index (Phi) is 6.58. The monoisotopic (exact) mass is 350 g/mol. The summed E-state index contributed by atoms with van der Waals surface area (Å²) in [7, 11) is 3.66. The van der Waals surface area contributed by atoms with Crippen molar-refractivity contribution in [2.45, 2.75) is 45.8 Å². The van der Waals surface area contributed by atoms with Crippen molar-refractivity contribution >= 4 is 6.09 Å². The number of hydrogen-bond acceptors (Lipinski definition) is 6. The summed E-state index contributed by atoms with van der Waals surface area (Å²) in [4.78, 5) is 24.8. The van der Waals surface area contributed by atoms with Crippen molar-refractivity contribution in [2.75, 3.05) is 33.8 Å². The smallest absolute Gasteiger partial charge is 0.410 e. The second-order valence-electron chi connectivity index (χ2n) is 7.64. The molecule has 2 heterocycles. The fourth-order valence-electron chi connectivity index (χ4n) is 3.10. The van der Waals surface area contributed by atoms with E-state index in [0.29, 0.717) is 18.3 Å². The van der Waals surface area contributed by atoms with Crippen molar-refractivity contribution in [3.8, 4) is 5.88 Å². The van der Waals surface area contributed by atoms with Crippen molar-refractivity contribution in [1.29, 1.82) is 0 Å². The molecule has 1 saturated heterocycles. The van der Waals surface area contributed by atoms with Gasteiger partial charge in [-0.2, -0.15) is 0 Å². The Morgan fingerprint density at radius 3 is 2.76 bits per heavy atom. The van der Waals surface area contributed by atoms with Crippen LogP contribution in [0.3, 0.4) is 0 Å². The first-order valence-electron chi connectivity index (χ1n) is 8.79. The SMILES string of the molecule is COc1nccnc1CN(C)CC1CCCN(C(=O)OC(C)(C)C)C1. The maximum atomic E-state index is 12.3. The average molecular weight is 350 g/mol. The summed E-state index contributed by atoms with van der Waals surface area (Å²) in [5.74, 6) is 0.988. The van der Waals surface area contributed by atoms with Crippen molar-refractivity contribution in [1.82, 2.24) is 19.8 Å². The summed E-state index contributed by atoms with van der Waals surface area (Å²) >= 11 is 0. The number of aromatic nitrogens is 2. The van der Waals surface area contributed by atoms with Gasteiger partial charge in [0.15, 0.2) is 0 Å². The van der Waals surface area contributed by atoms with E-state index in [4.69, 9.17) is 9.47 Å². The molecule has 7 nitrogen and oxygen atoms in total. The Hall–Kier alpha value is -1.89.